The molecule has 0 atom stereocenters. The minimum Gasteiger partial charge on any atom is -0.356 e. The van der Waals surface area contributed by atoms with Gasteiger partial charge in [0.2, 0.25) is 0 Å². The second-order valence-corrected chi connectivity index (χ2v) is 8.61. The van der Waals surface area contributed by atoms with Crippen molar-refractivity contribution in [1.29, 1.82) is 0 Å². The SMILES string of the molecule is CC.CC.Cc1ccc(Nc2ccc3ccccc3c2)cc1.c1ccc(Nc2ccc3ccccc3c2)cc1. The smallest absolute Gasteiger partial charge is 0.0390 e. The Kier molecular flexibility index (Phi) is 11.6. The van der Waals surface area contributed by atoms with Crippen molar-refractivity contribution in [1.82, 2.24) is 0 Å². The molecule has 0 unspecified atom stereocenters. The summed E-state index contributed by atoms with van der Waals surface area (Å²) in [7, 11) is 0. The van der Waals surface area contributed by atoms with Crippen molar-refractivity contribution in [2.45, 2.75) is 34.6 Å². The van der Waals surface area contributed by atoms with Gasteiger partial charge in [0.25, 0.3) is 0 Å². The third kappa shape index (κ3) is 8.76. The molecule has 2 heteroatoms. The molecule has 6 aromatic carbocycles. The second-order valence-electron chi connectivity index (χ2n) is 8.61. The molecule has 6 aromatic rings. The highest BCUT2D eigenvalue weighted by atomic mass is 14.9. The van der Waals surface area contributed by atoms with Crippen LogP contribution in [0.5, 0.6) is 0 Å². The molecule has 0 aliphatic carbocycles. The molecule has 2 N–H and O–H groups in total. The third-order valence-electron chi connectivity index (χ3n) is 5.90. The van der Waals surface area contributed by atoms with Crippen LogP contribution < -0.4 is 10.6 Å². The lowest BCUT2D eigenvalue weighted by atomic mass is 10.1. The Bertz CT molecular complexity index is 1540. The van der Waals surface area contributed by atoms with Crippen molar-refractivity contribution in [3.63, 3.8) is 0 Å². The monoisotopic (exact) mass is 512 g/mol. The van der Waals surface area contributed by atoms with E-state index in [1.165, 1.54) is 27.1 Å². The first kappa shape index (κ1) is 29.0. The Labute approximate surface area is 234 Å². The molecule has 0 aliphatic heterocycles. The zero-order valence-electron chi connectivity index (χ0n) is 23.8. The fraction of sp³-hybridized carbons (Fsp3) is 0.135. The predicted octanol–water partition coefficient (Wildman–Crippen LogP) is 11.5. The first-order chi connectivity index (χ1) is 19.2. The van der Waals surface area contributed by atoms with Gasteiger partial charge in [-0.2, -0.15) is 0 Å². The van der Waals surface area contributed by atoms with Crippen LogP contribution >= 0.6 is 0 Å². The molecule has 0 saturated heterocycles. The molecule has 0 fully saturated rings. The minimum atomic E-state index is 1.11. The van der Waals surface area contributed by atoms with Crippen LogP contribution in [0.25, 0.3) is 21.5 Å². The van der Waals surface area contributed by atoms with E-state index in [0.29, 0.717) is 0 Å². The summed E-state index contributed by atoms with van der Waals surface area (Å²) in [6, 6.07) is 48.3. The highest BCUT2D eigenvalue weighted by Crippen LogP contribution is 2.23. The highest BCUT2D eigenvalue weighted by Gasteiger charge is 1.98. The quantitative estimate of drug-likeness (QED) is 0.245. The van der Waals surface area contributed by atoms with Gasteiger partial charge in [-0.1, -0.05) is 124 Å². The fourth-order valence-electron chi connectivity index (χ4n) is 4.03. The maximum Gasteiger partial charge on any atom is 0.0390 e. The van der Waals surface area contributed by atoms with E-state index in [2.05, 4.69) is 139 Å². The van der Waals surface area contributed by atoms with Crippen molar-refractivity contribution in [2.24, 2.45) is 0 Å². The van der Waals surface area contributed by atoms with Crippen molar-refractivity contribution in [3.05, 3.63) is 145 Å². The van der Waals surface area contributed by atoms with E-state index in [1.54, 1.807) is 0 Å². The Hall–Kier alpha value is -4.56. The van der Waals surface area contributed by atoms with Gasteiger partial charge in [-0.15, -0.1) is 0 Å². The molecular weight excluding hydrogens is 472 g/mol. The van der Waals surface area contributed by atoms with E-state index in [1.807, 2.05) is 45.9 Å². The molecule has 0 spiro atoms. The van der Waals surface area contributed by atoms with Crippen LogP contribution in [-0.2, 0) is 0 Å². The lowest BCUT2D eigenvalue weighted by Crippen LogP contribution is -1.89. The number of benzene rings is 6. The summed E-state index contributed by atoms with van der Waals surface area (Å²) >= 11 is 0. The molecule has 6 rings (SSSR count). The molecule has 0 bridgehead atoms. The maximum absolute atomic E-state index is 3.42. The minimum absolute atomic E-state index is 1.11. The Morgan fingerprint density at radius 3 is 1.15 bits per heavy atom. The summed E-state index contributed by atoms with van der Waals surface area (Å²) in [4.78, 5) is 0. The lowest BCUT2D eigenvalue weighted by Gasteiger charge is -2.08. The fourth-order valence-corrected chi connectivity index (χ4v) is 4.03. The molecule has 0 heterocycles. The van der Waals surface area contributed by atoms with Gasteiger partial charge >= 0.3 is 0 Å². The second kappa shape index (κ2) is 15.6. The number of rotatable bonds is 4. The van der Waals surface area contributed by atoms with Gasteiger partial charge in [0, 0.05) is 22.7 Å². The maximum atomic E-state index is 3.42. The number of hydrogen-bond acceptors (Lipinski definition) is 2. The van der Waals surface area contributed by atoms with Crippen molar-refractivity contribution >= 4 is 44.3 Å². The number of anilines is 4. The summed E-state index contributed by atoms with van der Waals surface area (Å²) in [5, 5.41) is 11.9. The van der Waals surface area contributed by atoms with E-state index in [9.17, 15) is 0 Å². The molecule has 2 nitrogen and oxygen atoms in total. The summed E-state index contributed by atoms with van der Waals surface area (Å²) in [5.41, 5.74) is 5.75. The average Bonchev–Trinajstić information content (AvgIpc) is 3.01. The zero-order valence-corrected chi connectivity index (χ0v) is 23.8. The largest absolute Gasteiger partial charge is 0.356 e. The van der Waals surface area contributed by atoms with Gasteiger partial charge in [-0.05, 0) is 77.0 Å². The average molecular weight is 513 g/mol. The van der Waals surface area contributed by atoms with Crippen LogP contribution in [0.4, 0.5) is 22.7 Å². The van der Waals surface area contributed by atoms with Crippen LogP contribution in [0.2, 0.25) is 0 Å². The third-order valence-corrected chi connectivity index (χ3v) is 5.90. The molecule has 39 heavy (non-hydrogen) atoms. The standard InChI is InChI=1S/C17H15N.C16H13N.2C2H6/c1-13-6-9-16(10-7-13)18-17-11-8-14-4-2-3-5-15(14)12-17;1-2-8-15(9-3-1)17-16-11-10-13-6-4-5-7-14(13)12-16;2*1-2/h2-12,18H,1H3;1-12,17H;2*1-2H3. The van der Waals surface area contributed by atoms with Crippen molar-refractivity contribution < 1.29 is 0 Å². The van der Waals surface area contributed by atoms with Crippen LogP contribution in [0.15, 0.2) is 140 Å². The van der Waals surface area contributed by atoms with E-state index in [0.717, 1.165) is 22.7 Å². The molecule has 0 saturated carbocycles. The van der Waals surface area contributed by atoms with Gasteiger partial charge < -0.3 is 10.6 Å². The number of hydrogen-bond donors (Lipinski definition) is 2. The van der Waals surface area contributed by atoms with Crippen LogP contribution in [0.3, 0.4) is 0 Å². The number of nitrogens with one attached hydrogen (secondary N) is 2. The molecule has 0 radical (unpaired) electrons. The number of aryl methyl sites for hydroxylation is 1. The van der Waals surface area contributed by atoms with E-state index >= 15 is 0 Å². The predicted molar refractivity (Wildman–Crippen MR) is 175 cm³/mol. The van der Waals surface area contributed by atoms with Gasteiger partial charge in [0.05, 0.1) is 0 Å². The van der Waals surface area contributed by atoms with E-state index < -0.39 is 0 Å². The summed E-state index contributed by atoms with van der Waals surface area (Å²) in [6.45, 7) is 10.1. The molecule has 0 aromatic heterocycles. The van der Waals surface area contributed by atoms with Crippen LogP contribution in [0.1, 0.15) is 33.3 Å². The van der Waals surface area contributed by atoms with Crippen LogP contribution in [-0.4, -0.2) is 0 Å². The lowest BCUT2D eigenvalue weighted by molar-refractivity contribution is 1.46. The zero-order chi connectivity index (χ0) is 27.9. The summed E-state index contributed by atoms with van der Waals surface area (Å²) < 4.78 is 0. The van der Waals surface area contributed by atoms with Crippen LogP contribution in [0, 0.1) is 6.92 Å². The highest BCUT2D eigenvalue weighted by molar-refractivity contribution is 5.87. The molecule has 0 amide bonds. The number of fused-ring (bicyclic) bond motifs is 2. The van der Waals surface area contributed by atoms with Gasteiger partial charge in [0.15, 0.2) is 0 Å². The topological polar surface area (TPSA) is 24.1 Å². The molecular formula is C37H40N2. The first-order valence-electron chi connectivity index (χ1n) is 13.9. The van der Waals surface area contributed by atoms with E-state index in [4.69, 9.17) is 0 Å². The summed E-state index contributed by atoms with van der Waals surface area (Å²) in [5.74, 6) is 0. The first-order valence-corrected chi connectivity index (χ1v) is 13.9. The number of para-hydroxylation sites is 1. The van der Waals surface area contributed by atoms with E-state index in [-0.39, 0.29) is 0 Å². The molecule has 0 aliphatic rings. The molecule has 198 valence electrons. The Morgan fingerprint density at radius 1 is 0.333 bits per heavy atom. The Balaban J connectivity index is 0.000000192. The van der Waals surface area contributed by atoms with Crippen molar-refractivity contribution in [3.8, 4) is 0 Å². The normalized spacial score (nSPS) is 9.67. The Morgan fingerprint density at radius 2 is 0.692 bits per heavy atom. The van der Waals surface area contributed by atoms with Gasteiger partial charge in [-0.25, -0.2) is 0 Å². The van der Waals surface area contributed by atoms with Crippen molar-refractivity contribution in [2.75, 3.05) is 10.6 Å². The summed E-state index contributed by atoms with van der Waals surface area (Å²) in [6.07, 6.45) is 0. The van der Waals surface area contributed by atoms with Gasteiger partial charge in [-0.3, -0.25) is 0 Å². The van der Waals surface area contributed by atoms with Gasteiger partial charge in [0.1, 0.15) is 0 Å².